The molecule has 0 unspecified atom stereocenters. The molecule has 0 radical (unpaired) electrons. The molecule has 1 aliphatic rings. The number of phenolic OH excluding ortho intramolecular Hbond substituents is 2. The summed E-state index contributed by atoms with van der Waals surface area (Å²) in [6, 6.07) is 27.7. The van der Waals surface area contributed by atoms with Crippen molar-refractivity contribution in [3.8, 4) is 11.5 Å². The Kier molecular flexibility index (Phi) is 36.0. The van der Waals surface area contributed by atoms with Gasteiger partial charge < -0.3 is 15.7 Å². The Morgan fingerprint density at radius 2 is 0.589 bits per heavy atom. The van der Waals surface area contributed by atoms with Gasteiger partial charge in [-0.2, -0.15) is 0 Å². The topological polar surface area (TPSA) is 65.8 Å². The number of hydrogen-bond acceptors (Lipinski definition) is 2. The summed E-state index contributed by atoms with van der Waals surface area (Å²) in [5.41, 5.74) is 30.1. The molecule has 5 rings (SSSR count). The first-order valence-electron chi connectivity index (χ1n) is 30.0. The Balaban J connectivity index is 0.00000104. The van der Waals surface area contributed by atoms with Crippen LogP contribution in [0.3, 0.4) is 0 Å². The van der Waals surface area contributed by atoms with Gasteiger partial charge in [-0.1, -0.05) is 195 Å². The molecular weight excluding hydrogens is 935 g/mol. The van der Waals surface area contributed by atoms with E-state index >= 15 is 0 Å². The summed E-state index contributed by atoms with van der Waals surface area (Å²) >= 11 is 0. The first kappa shape index (κ1) is 65.2. The maximum absolute atomic E-state index is 13.0. The van der Waals surface area contributed by atoms with Crippen molar-refractivity contribution in [2.45, 2.75) is 261 Å². The number of para-hydroxylation sites is 2. The van der Waals surface area contributed by atoms with Crippen molar-refractivity contribution in [1.29, 1.82) is 0 Å². The SMILES string of the molecule is CCCCCCc1c(CCCCC)cc(C2=C(CCCC)C(CCCC)=C(c3cc(CCCCC)c(CCCCCC)c(CCCCC)c3)[N+]2=[N-])cc1CCCCC.Oc1ccccc1.Oc1ccccc1.[Ni]. The standard InChI is InChI=1S/C56H92N2.2C6H6O.Ni/c1-9-17-25-31-39-51-45(33-27-19-11-3)41-49(42-46(51)34-28-20-12-4)55-53(37-23-15-7)54(38-24-16-8)56(58(55)57)50-43-47(35-29-21-13-5)52(40-32-26-18-10-2)48(44-50)36-30-22-14-6;2*7-6-4-2-1-3-5-6;/h41-44H,9-40H2,1-8H3;2*1-5,7H;. The fourth-order valence-electron chi connectivity index (χ4n) is 10.5. The summed E-state index contributed by atoms with van der Waals surface area (Å²) in [5.74, 6) is 0.644. The van der Waals surface area contributed by atoms with E-state index in [0.717, 1.165) is 75.6 Å². The van der Waals surface area contributed by atoms with Crippen LogP contribution in [0.1, 0.15) is 267 Å². The molecule has 1 aliphatic heterocycles. The number of aryl methyl sites for hydroxylation is 4. The van der Waals surface area contributed by atoms with Crippen LogP contribution in [-0.2, 0) is 55.0 Å². The second kappa shape index (κ2) is 40.4. The number of unbranched alkanes of at least 4 members (excludes halogenated alkanes) is 16. The van der Waals surface area contributed by atoms with Crippen molar-refractivity contribution in [1.82, 2.24) is 0 Å². The van der Waals surface area contributed by atoms with Crippen LogP contribution in [-0.4, -0.2) is 14.9 Å². The molecule has 0 bridgehead atoms. The van der Waals surface area contributed by atoms with Gasteiger partial charge in [0.05, 0.1) is 0 Å². The molecule has 0 aliphatic carbocycles. The van der Waals surface area contributed by atoms with Gasteiger partial charge in [-0.25, -0.2) is 4.70 Å². The third-order valence-corrected chi connectivity index (χ3v) is 14.6. The van der Waals surface area contributed by atoms with E-state index in [0.29, 0.717) is 11.5 Å². The van der Waals surface area contributed by atoms with E-state index in [2.05, 4.69) is 79.7 Å². The van der Waals surface area contributed by atoms with E-state index in [1.807, 2.05) is 12.1 Å². The van der Waals surface area contributed by atoms with Gasteiger partial charge in [0.1, 0.15) is 11.5 Å². The first-order chi connectivity index (χ1) is 35.2. The Morgan fingerprint density at radius 1 is 0.329 bits per heavy atom. The molecule has 4 aromatic rings. The van der Waals surface area contributed by atoms with Gasteiger partial charge in [-0.05, 0) is 185 Å². The molecule has 4 nitrogen and oxygen atoms in total. The van der Waals surface area contributed by atoms with E-state index < -0.39 is 0 Å². The predicted octanol–water partition coefficient (Wildman–Crippen LogP) is 21.2. The van der Waals surface area contributed by atoms with Crippen LogP contribution < -0.4 is 0 Å². The monoisotopic (exact) mass is 1040 g/mol. The molecule has 0 spiro atoms. The Bertz CT molecular complexity index is 1920. The van der Waals surface area contributed by atoms with Crippen LogP contribution >= 0.6 is 0 Å². The van der Waals surface area contributed by atoms with E-state index in [-0.39, 0.29) is 16.5 Å². The van der Waals surface area contributed by atoms with Crippen molar-refractivity contribution in [2.75, 3.05) is 0 Å². The number of benzene rings is 4. The average Bonchev–Trinajstić information content (AvgIpc) is 3.66. The zero-order chi connectivity index (χ0) is 52.2. The fraction of sp³-hybridized carbons (Fsp3) is 0.588. The minimum atomic E-state index is 0. The third kappa shape index (κ3) is 23.6. The summed E-state index contributed by atoms with van der Waals surface area (Å²) in [4.78, 5) is 0. The molecule has 0 fully saturated rings. The molecule has 0 amide bonds. The van der Waals surface area contributed by atoms with Crippen LogP contribution in [0.2, 0.25) is 0 Å². The number of allylic oxidation sites excluding steroid dienone is 2. The van der Waals surface area contributed by atoms with Gasteiger partial charge >= 0.3 is 0 Å². The molecular formula is C68H104N2NiO2. The molecule has 0 saturated heterocycles. The quantitative estimate of drug-likeness (QED) is 0.0278. The fourth-order valence-corrected chi connectivity index (χ4v) is 10.5. The molecule has 408 valence electrons. The Labute approximate surface area is 458 Å². The molecule has 73 heavy (non-hydrogen) atoms. The average molecular weight is 1040 g/mol. The van der Waals surface area contributed by atoms with Crippen molar-refractivity contribution in [3.63, 3.8) is 0 Å². The van der Waals surface area contributed by atoms with E-state index in [1.165, 1.54) is 164 Å². The first-order valence-corrected chi connectivity index (χ1v) is 30.0. The van der Waals surface area contributed by atoms with Crippen LogP contribution in [0.15, 0.2) is 96.1 Å². The number of aromatic hydroxyl groups is 2. The third-order valence-electron chi connectivity index (χ3n) is 14.6. The van der Waals surface area contributed by atoms with Gasteiger partial charge in [-0.3, -0.25) is 0 Å². The number of nitrogens with zero attached hydrogens (tertiary/aromatic N) is 2. The number of hydrogen-bond donors (Lipinski definition) is 2. The number of phenols is 2. The molecule has 5 heteroatoms. The summed E-state index contributed by atoms with van der Waals surface area (Å²) in [6.45, 7) is 18.6. The summed E-state index contributed by atoms with van der Waals surface area (Å²) in [6.07, 6.45) is 39.3. The predicted molar refractivity (Wildman–Crippen MR) is 314 cm³/mol. The van der Waals surface area contributed by atoms with Crippen molar-refractivity contribution < 1.29 is 31.4 Å². The van der Waals surface area contributed by atoms with Gasteiger partial charge in [0.25, 0.3) is 0 Å². The zero-order valence-corrected chi connectivity index (χ0v) is 48.8. The van der Waals surface area contributed by atoms with Crippen LogP contribution in [0, 0.1) is 0 Å². The maximum atomic E-state index is 13.0. The second-order valence-corrected chi connectivity index (χ2v) is 20.8. The van der Waals surface area contributed by atoms with Gasteiger partial charge in [0, 0.05) is 38.8 Å². The van der Waals surface area contributed by atoms with Gasteiger partial charge in [0.15, 0.2) is 0 Å². The van der Waals surface area contributed by atoms with Crippen LogP contribution in [0.25, 0.3) is 16.9 Å². The molecule has 0 saturated carbocycles. The Hall–Kier alpha value is -3.95. The van der Waals surface area contributed by atoms with E-state index in [4.69, 9.17) is 10.2 Å². The minimum absolute atomic E-state index is 0. The van der Waals surface area contributed by atoms with E-state index in [9.17, 15) is 5.53 Å². The van der Waals surface area contributed by atoms with Crippen LogP contribution in [0.5, 0.6) is 11.5 Å². The molecule has 1 heterocycles. The zero-order valence-electron chi connectivity index (χ0n) is 47.8. The van der Waals surface area contributed by atoms with Gasteiger partial charge in [0.2, 0.25) is 11.4 Å². The number of rotatable bonds is 34. The summed E-state index contributed by atoms with van der Waals surface area (Å²) in [5, 5.41) is 17.3. The van der Waals surface area contributed by atoms with Gasteiger partial charge in [-0.15, -0.1) is 0 Å². The van der Waals surface area contributed by atoms with Crippen molar-refractivity contribution in [3.05, 3.63) is 146 Å². The molecule has 0 atom stereocenters. The van der Waals surface area contributed by atoms with Crippen molar-refractivity contribution in [2.24, 2.45) is 0 Å². The Morgan fingerprint density at radius 3 is 0.836 bits per heavy atom. The van der Waals surface area contributed by atoms with Crippen LogP contribution in [0.4, 0.5) is 0 Å². The molecule has 0 aromatic heterocycles. The van der Waals surface area contributed by atoms with E-state index in [1.54, 1.807) is 86.6 Å². The largest absolute Gasteiger partial charge is 0.508 e. The smallest absolute Gasteiger partial charge is 0.211 e. The summed E-state index contributed by atoms with van der Waals surface area (Å²) < 4.78 is 1.74. The molecule has 4 aromatic carbocycles. The minimum Gasteiger partial charge on any atom is -0.508 e. The molecule has 2 N–H and O–H groups in total. The summed E-state index contributed by atoms with van der Waals surface area (Å²) in [7, 11) is 0. The second-order valence-electron chi connectivity index (χ2n) is 20.8. The normalized spacial score (nSPS) is 12.1. The van der Waals surface area contributed by atoms with Crippen molar-refractivity contribution >= 4 is 11.4 Å². The maximum Gasteiger partial charge on any atom is 0.211 e.